The molecular weight excluding hydrogens is 356 g/mol. The Bertz CT molecular complexity index is 838. The summed E-state index contributed by atoms with van der Waals surface area (Å²) in [6.07, 6.45) is 0. The first kappa shape index (κ1) is 17.8. The number of hydrogen-bond acceptors (Lipinski definition) is 3. The number of carbonyl (C=O) groups is 2. The molecule has 0 saturated heterocycles. The third-order valence-electron chi connectivity index (χ3n) is 4.22. The highest BCUT2D eigenvalue weighted by atomic mass is 35.5. The van der Waals surface area contributed by atoms with Gasteiger partial charge in [0.1, 0.15) is 5.54 Å². The molecule has 0 saturated carbocycles. The number of anilines is 2. The zero-order valence-electron chi connectivity index (χ0n) is 14.2. The van der Waals surface area contributed by atoms with E-state index in [9.17, 15) is 9.59 Å². The van der Waals surface area contributed by atoms with Gasteiger partial charge in [-0.25, -0.2) is 0 Å². The second-order valence-electron chi connectivity index (χ2n) is 6.39. The van der Waals surface area contributed by atoms with Crippen molar-refractivity contribution in [2.75, 3.05) is 10.2 Å². The molecule has 0 aromatic heterocycles. The summed E-state index contributed by atoms with van der Waals surface area (Å²) in [5.41, 5.74) is 0.389. The molecule has 0 radical (unpaired) electrons. The molecule has 0 bridgehead atoms. The lowest BCUT2D eigenvalue weighted by molar-refractivity contribution is -0.126. The Morgan fingerprint density at radius 2 is 1.80 bits per heavy atom. The van der Waals surface area contributed by atoms with E-state index in [1.54, 1.807) is 30.9 Å². The number of nitrogens with one attached hydrogen (secondary N) is 1. The van der Waals surface area contributed by atoms with Crippen molar-refractivity contribution in [2.24, 2.45) is 0 Å². The summed E-state index contributed by atoms with van der Waals surface area (Å²) in [7, 11) is 0. The van der Waals surface area contributed by atoms with Gasteiger partial charge >= 0.3 is 0 Å². The number of hydrogen-bond donors (Lipinski definition) is 1. The third-order valence-corrected chi connectivity index (χ3v) is 5.82. The van der Waals surface area contributed by atoms with Crippen LogP contribution in [0.15, 0.2) is 53.4 Å². The summed E-state index contributed by atoms with van der Waals surface area (Å²) in [6, 6.07) is 14.8. The minimum atomic E-state index is -0.971. The number of amides is 2. The van der Waals surface area contributed by atoms with Crippen LogP contribution in [0, 0.1) is 0 Å². The predicted octanol–water partition coefficient (Wildman–Crippen LogP) is 4.58. The fraction of sp³-hybridized carbons (Fsp3) is 0.263. The van der Waals surface area contributed by atoms with Crippen molar-refractivity contribution >= 4 is 46.6 Å². The lowest BCUT2D eigenvalue weighted by atomic mass is 9.96. The van der Waals surface area contributed by atoms with E-state index in [1.807, 2.05) is 43.3 Å². The number of halogens is 1. The molecule has 0 spiro atoms. The minimum Gasteiger partial charge on any atom is -0.322 e. The molecule has 6 heteroatoms. The highest BCUT2D eigenvalue weighted by Gasteiger charge is 2.44. The van der Waals surface area contributed by atoms with Crippen molar-refractivity contribution in [3.63, 3.8) is 0 Å². The van der Waals surface area contributed by atoms with Crippen LogP contribution < -0.4 is 10.2 Å². The molecule has 25 heavy (non-hydrogen) atoms. The SMILES string of the molecule is CC(Sc1ccccc1Cl)C(=O)N1c2ccccc2NC(=O)C1(C)C. The first-order valence-electron chi connectivity index (χ1n) is 7.98. The Labute approximate surface area is 156 Å². The molecule has 1 N–H and O–H groups in total. The van der Waals surface area contributed by atoms with E-state index >= 15 is 0 Å². The van der Waals surface area contributed by atoms with Crippen LogP contribution in [0.2, 0.25) is 5.02 Å². The zero-order chi connectivity index (χ0) is 18.2. The van der Waals surface area contributed by atoms with E-state index < -0.39 is 10.8 Å². The Morgan fingerprint density at radius 3 is 2.52 bits per heavy atom. The zero-order valence-corrected chi connectivity index (χ0v) is 15.8. The van der Waals surface area contributed by atoms with E-state index in [0.717, 1.165) is 4.90 Å². The van der Waals surface area contributed by atoms with Gasteiger partial charge < -0.3 is 5.32 Å². The second kappa shape index (κ2) is 6.73. The van der Waals surface area contributed by atoms with E-state index in [0.29, 0.717) is 16.4 Å². The first-order valence-corrected chi connectivity index (χ1v) is 9.24. The van der Waals surface area contributed by atoms with Crippen LogP contribution in [-0.2, 0) is 9.59 Å². The summed E-state index contributed by atoms with van der Waals surface area (Å²) in [6.45, 7) is 5.34. The molecule has 1 aliphatic rings. The Hall–Kier alpha value is -1.98. The molecule has 4 nitrogen and oxygen atoms in total. The summed E-state index contributed by atoms with van der Waals surface area (Å²) in [4.78, 5) is 28.2. The van der Waals surface area contributed by atoms with Gasteiger partial charge in [-0.15, -0.1) is 11.8 Å². The second-order valence-corrected chi connectivity index (χ2v) is 8.18. The van der Waals surface area contributed by atoms with Crippen molar-refractivity contribution in [1.29, 1.82) is 0 Å². The van der Waals surface area contributed by atoms with Crippen LogP contribution in [0.3, 0.4) is 0 Å². The molecule has 130 valence electrons. The summed E-state index contributed by atoms with van der Waals surface area (Å²) < 4.78 is 0. The molecular formula is C19H19ClN2O2S. The van der Waals surface area contributed by atoms with Gasteiger partial charge in [0.05, 0.1) is 21.6 Å². The summed E-state index contributed by atoms with van der Waals surface area (Å²) in [5.74, 6) is -0.327. The number of benzene rings is 2. The fourth-order valence-electron chi connectivity index (χ4n) is 2.81. The summed E-state index contributed by atoms with van der Waals surface area (Å²) >= 11 is 7.60. The number of nitrogens with zero attached hydrogens (tertiary/aromatic N) is 1. The third kappa shape index (κ3) is 3.26. The Balaban J connectivity index is 1.94. The average Bonchev–Trinajstić information content (AvgIpc) is 2.57. The lowest BCUT2D eigenvalue weighted by Gasteiger charge is -2.43. The van der Waals surface area contributed by atoms with Crippen LogP contribution >= 0.6 is 23.4 Å². The lowest BCUT2D eigenvalue weighted by Crippen LogP contribution is -2.60. The number of thioether (sulfide) groups is 1. The highest BCUT2D eigenvalue weighted by molar-refractivity contribution is 8.00. The molecule has 1 atom stereocenters. The standard InChI is InChI=1S/C19H19ClN2O2S/c1-12(25-16-11-7-4-8-13(16)20)17(23)22-15-10-6-5-9-14(15)21-18(24)19(22,2)3/h4-12H,1-3H3,(H,21,24). The quantitative estimate of drug-likeness (QED) is 0.799. The van der Waals surface area contributed by atoms with Gasteiger partial charge in [-0.3, -0.25) is 14.5 Å². The van der Waals surface area contributed by atoms with Gasteiger partial charge in [-0.2, -0.15) is 0 Å². The van der Waals surface area contributed by atoms with Gasteiger partial charge in [0.2, 0.25) is 11.8 Å². The van der Waals surface area contributed by atoms with E-state index in [2.05, 4.69) is 5.32 Å². The molecule has 2 aromatic rings. The fourth-order valence-corrected chi connectivity index (χ4v) is 4.00. The van der Waals surface area contributed by atoms with Crippen LogP contribution in [-0.4, -0.2) is 22.6 Å². The Kier molecular flexibility index (Phi) is 4.80. The molecule has 0 aliphatic carbocycles. The summed E-state index contributed by atoms with van der Waals surface area (Å²) in [5, 5.41) is 3.10. The molecule has 2 aromatic carbocycles. The van der Waals surface area contributed by atoms with Gasteiger partial charge in [-0.05, 0) is 45.0 Å². The largest absolute Gasteiger partial charge is 0.322 e. The monoisotopic (exact) mass is 374 g/mol. The van der Waals surface area contributed by atoms with E-state index in [-0.39, 0.29) is 11.8 Å². The molecule has 1 aliphatic heterocycles. The topological polar surface area (TPSA) is 49.4 Å². The average molecular weight is 375 g/mol. The molecule has 3 rings (SSSR count). The molecule has 1 unspecified atom stereocenters. The highest BCUT2D eigenvalue weighted by Crippen LogP contribution is 2.39. The van der Waals surface area contributed by atoms with Crippen molar-refractivity contribution in [3.8, 4) is 0 Å². The van der Waals surface area contributed by atoms with Crippen LogP contribution in [0.5, 0.6) is 0 Å². The molecule has 0 fully saturated rings. The maximum Gasteiger partial charge on any atom is 0.250 e. The normalized spacial score (nSPS) is 16.8. The molecule has 1 heterocycles. The van der Waals surface area contributed by atoms with Crippen LogP contribution in [0.4, 0.5) is 11.4 Å². The minimum absolute atomic E-state index is 0.128. The van der Waals surface area contributed by atoms with Crippen molar-refractivity contribution in [2.45, 2.75) is 36.5 Å². The Morgan fingerprint density at radius 1 is 1.16 bits per heavy atom. The number of para-hydroxylation sites is 2. The smallest absolute Gasteiger partial charge is 0.250 e. The van der Waals surface area contributed by atoms with Gasteiger partial charge in [0, 0.05) is 4.90 Å². The number of carbonyl (C=O) groups excluding carboxylic acids is 2. The first-order chi connectivity index (χ1) is 11.8. The van der Waals surface area contributed by atoms with E-state index in [4.69, 9.17) is 11.6 Å². The number of fused-ring (bicyclic) bond motifs is 1. The van der Waals surface area contributed by atoms with Crippen molar-refractivity contribution < 1.29 is 9.59 Å². The molecule has 2 amide bonds. The van der Waals surface area contributed by atoms with Crippen molar-refractivity contribution in [1.82, 2.24) is 0 Å². The van der Waals surface area contributed by atoms with E-state index in [1.165, 1.54) is 11.8 Å². The maximum absolute atomic E-state index is 13.2. The van der Waals surface area contributed by atoms with Gasteiger partial charge in [0.25, 0.3) is 0 Å². The van der Waals surface area contributed by atoms with Crippen molar-refractivity contribution in [3.05, 3.63) is 53.6 Å². The predicted molar refractivity (Wildman–Crippen MR) is 103 cm³/mol. The van der Waals surface area contributed by atoms with Gasteiger partial charge in [-0.1, -0.05) is 35.9 Å². The number of rotatable bonds is 3. The van der Waals surface area contributed by atoms with Crippen LogP contribution in [0.25, 0.3) is 0 Å². The maximum atomic E-state index is 13.2. The van der Waals surface area contributed by atoms with Crippen LogP contribution in [0.1, 0.15) is 20.8 Å². The van der Waals surface area contributed by atoms with Gasteiger partial charge in [0.15, 0.2) is 0 Å².